The molecule has 1 aromatic heterocycles. The number of carboxylic acids is 1. The van der Waals surface area contributed by atoms with E-state index in [1.54, 1.807) is 12.1 Å². The van der Waals surface area contributed by atoms with Gasteiger partial charge in [0.15, 0.2) is 0 Å². The standard InChI is InChI=1S/C23H15NO2/c25-23(26)20-11-6-10-19(14-13-17-7-2-1-3-8-17)22(20)24-16-15-18-9-4-5-12-21(18)24/h1-12,15-16H,(H,25,26). The van der Waals surface area contributed by atoms with Crippen LogP contribution in [0.15, 0.2) is 85.1 Å². The van der Waals surface area contributed by atoms with Gasteiger partial charge >= 0.3 is 5.97 Å². The van der Waals surface area contributed by atoms with E-state index in [1.165, 1.54) is 0 Å². The van der Waals surface area contributed by atoms with Gasteiger partial charge < -0.3 is 9.67 Å². The van der Waals surface area contributed by atoms with E-state index in [4.69, 9.17) is 0 Å². The molecule has 0 saturated carbocycles. The maximum atomic E-state index is 11.8. The molecule has 3 heteroatoms. The molecule has 0 bridgehead atoms. The summed E-state index contributed by atoms with van der Waals surface area (Å²) in [6.07, 6.45) is 1.89. The average Bonchev–Trinajstić information content (AvgIpc) is 3.10. The van der Waals surface area contributed by atoms with Crippen LogP contribution < -0.4 is 0 Å². The maximum Gasteiger partial charge on any atom is 0.337 e. The third-order valence-corrected chi connectivity index (χ3v) is 4.22. The fourth-order valence-corrected chi connectivity index (χ4v) is 3.02. The van der Waals surface area contributed by atoms with Gasteiger partial charge in [-0.2, -0.15) is 0 Å². The van der Waals surface area contributed by atoms with Crippen molar-refractivity contribution >= 4 is 16.9 Å². The molecule has 0 saturated heterocycles. The van der Waals surface area contributed by atoms with E-state index in [0.717, 1.165) is 16.5 Å². The Morgan fingerprint density at radius 3 is 2.38 bits per heavy atom. The second-order valence-corrected chi connectivity index (χ2v) is 5.87. The summed E-state index contributed by atoms with van der Waals surface area (Å²) in [5.74, 6) is 5.29. The molecule has 26 heavy (non-hydrogen) atoms. The molecule has 0 atom stereocenters. The third-order valence-electron chi connectivity index (χ3n) is 4.22. The number of carbonyl (C=O) groups is 1. The van der Waals surface area contributed by atoms with Crippen molar-refractivity contribution in [2.45, 2.75) is 0 Å². The van der Waals surface area contributed by atoms with E-state index in [9.17, 15) is 9.90 Å². The molecule has 1 N–H and O–H groups in total. The Hall–Kier alpha value is -3.77. The molecule has 0 aliphatic heterocycles. The van der Waals surface area contributed by atoms with Crippen molar-refractivity contribution in [1.29, 1.82) is 0 Å². The normalized spacial score (nSPS) is 10.3. The van der Waals surface area contributed by atoms with Gasteiger partial charge in [0.05, 0.1) is 16.8 Å². The highest BCUT2D eigenvalue weighted by Crippen LogP contribution is 2.26. The van der Waals surface area contributed by atoms with Crippen LogP contribution in [-0.4, -0.2) is 15.6 Å². The van der Waals surface area contributed by atoms with Crippen molar-refractivity contribution in [3.8, 4) is 17.5 Å². The highest BCUT2D eigenvalue weighted by Gasteiger charge is 2.16. The van der Waals surface area contributed by atoms with Crippen molar-refractivity contribution in [2.24, 2.45) is 0 Å². The minimum absolute atomic E-state index is 0.228. The van der Waals surface area contributed by atoms with Crippen LogP contribution in [0.25, 0.3) is 16.6 Å². The second-order valence-electron chi connectivity index (χ2n) is 5.87. The number of hydrogen-bond donors (Lipinski definition) is 1. The average molecular weight is 337 g/mol. The summed E-state index contributed by atoms with van der Waals surface area (Å²) in [7, 11) is 0. The first-order chi connectivity index (χ1) is 12.7. The summed E-state index contributed by atoms with van der Waals surface area (Å²) in [4.78, 5) is 11.8. The fraction of sp³-hybridized carbons (Fsp3) is 0. The van der Waals surface area contributed by atoms with E-state index in [1.807, 2.05) is 77.5 Å². The number of hydrogen-bond acceptors (Lipinski definition) is 1. The largest absolute Gasteiger partial charge is 0.478 e. The Morgan fingerprint density at radius 2 is 1.58 bits per heavy atom. The lowest BCUT2D eigenvalue weighted by molar-refractivity contribution is 0.0697. The van der Waals surface area contributed by atoms with Crippen LogP contribution in [0.2, 0.25) is 0 Å². The molecule has 0 fully saturated rings. The Labute approximate surface area is 151 Å². The van der Waals surface area contributed by atoms with E-state index in [-0.39, 0.29) is 5.56 Å². The number of fused-ring (bicyclic) bond motifs is 1. The second kappa shape index (κ2) is 6.62. The first kappa shape index (κ1) is 15.7. The van der Waals surface area contributed by atoms with Gasteiger partial charge in [-0.05, 0) is 41.8 Å². The Balaban J connectivity index is 1.95. The zero-order valence-corrected chi connectivity index (χ0v) is 13.9. The van der Waals surface area contributed by atoms with E-state index >= 15 is 0 Å². The molecule has 124 valence electrons. The molecular formula is C23H15NO2. The number of nitrogens with zero attached hydrogens (tertiary/aromatic N) is 1. The molecule has 4 rings (SSSR count). The van der Waals surface area contributed by atoms with E-state index in [2.05, 4.69) is 11.8 Å². The predicted molar refractivity (Wildman–Crippen MR) is 103 cm³/mol. The number of aromatic nitrogens is 1. The van der Waals surface area contributed by atoms with Crippen LogP contribution in [0.1, 0.15) is 21.5 Å². The van der Waals surface area contributed by atoms with Crippen LogP contribution in [-0.2, 0) is 0 Å². The van der Waals surface area contributed by atoms with Gasteiger partial charge in [-0.3, -0.25) is 0 Å². The van der Waals surface area contributed by atoms with Crippen LogP contribution in [0.3, 0.4) is 0 Å². The van der Waals surface area contributed by atoms with Gasteiger partial charge in [-0.25, -0.2) is 4.79 Å². The number of para-hydroxylation sites is 2. The van der Waals surface area contributed by atoms with Crippen molar-refractivity contribution in [3.05, 3.63) is 102 Å². The van der Waals surface area contributed by atoms with E-state index in [0.29, 0.717) is 11.3 Å². The van der Waals surface area contributed by atoms with Crippen LogP contribution in [0, 0.1) is 11.8 Å². The van der Waals surface area contributed by atoms with Gasteiger partial charge in [0, 0.05) is 17.3 Å². The molecule has 0 aliphatic rings. The van der Waals surface area contributed by atoms with Gasteiger partial charge in [0.25, 0.3) is 0 Å². The fourth-order valence-electron chi connectivity index (χ4n) is 3.02. The summed E-state index contributed by atoms with van der Waals surface area (Å²) >= 11 is 0. The minimum atomic E-state index is -0.971. The molecule has 4 aromatic rings. The first-order valence-corrected chi connectivity index (χ1v) is 8.24. The van der Waals surface area contributed by atoms with Crippen molar-refractivity contribution in [3.63, 3.8) is 0 Å². The number of rotatable bonds is 2. The highest BCUT2D eigenvalue weighted by atomic mass is 16.4. The summed E-state index contributed by atoms with van der Waals surface area (Å²) in [6, 6.07) is 24.7. The Bertz CT molecular complexity index is 1160. The topological polar surface area (TPSA) is 42.2 Å². The monoisotopic (exact) mass is 337 g/mol. The van der Waals surface area contributed by atoms with E-state index < -0.39 is 5.97 Å². The predicted octanol–water partition coefficient (Wildman–Crippen LogP) is 4.73. The number of benzene rings is 3. The molecule has 1 heterocycles. The number of carboxylic acid groups (broad SMARTS) is 1. The summed E-state index contributed by atoms with van der Waals surface area (Å²) in [5, 5.41) is 10.7. The molecule has 0 unspecified atom stereocenters. The Morgan fingerprint density at radius 1 is 0.808 bits per heavy atom. The van der Waals surface area contributed by atoms with Crippen LogP contribution in [0.4, 0.5) is 0 Å². The maximum absolute atomic E-state index is 11.8. The summed E-state index contributed by atoms with van der Waals surface area (Å²) < 4.78 is 1.90. The molecule has 0 spiro atoms. The van der Waals surface area contributed by atoms with Crippen LogP contribution >= 0.6 is 0 Å². The minimum Gasteiger partial charge on any atom is -0.478 e. The third kappa shape index (κ3) is 2.85. The lowest BCUT2D eigenvalue weighted by Gasteiger charge is -2.12. The first-order valence-electron chi connectivity index (χ1n) is 8.24. The lowest BCUT2D eigenvalue weighted by atomic mass is 10.1. The van der Waals surface area contributed by atoms with Crippen molar-refractivity contribution in [2.75, 3.05) is 0 Å². The van der Waals surface area contributed by atoms with Crippen LogP contribution in [0.5, 0.6) is 0 Å². The smallest absolute Gasteiger partial charge is 0.337 e. The zero-order valence-electron chi connectivity index (χ0n) is 13.9. The summed E-state index contributed by atoms with van der Waals surface area (Å²) in [5.41, 5.74) is 3.33. The molecule has 3 nitrogen and oxygen atoms in total. The van der Waals surface area contributed by atoms with Gasteiger partial charge in [-0.15, -0.1) is 0 Å². The van der Waals surface area contributed by atoms with Crippen molar-refractivity contribution in [1.82, 2.24) is 4.57 Å². The molecule has 0 aliphatic carbocycles. The number of aromatic carboxylic acids is 1. The highest BCUT2D eigenvalue weighted by molar-refractivity contribution is 5.95. The SMILES string of the molecule is O=C(O)c1cccc(C#Cc2ccccc2)c1-n1ccc2ccccc21. The zero-order chi connectivity index (χ0) is 17.9. The quantitative estimate of drug-likeness (QED) is 0.537. The Kier molecular flexibility index (Phi) is 4.01. The molecular weight excluding hydrogens is 322 g/mol. The summed E-state index contributed by atoms with van der Waals surface area (Å²) in [6.45, 7) is 0. The van der Waals surface area contributed by atoms with Crippen molar-refractivity contribution < 1.29 is 9.90 Å². The van der Waals surface area contributed by atoms with Gasteiger partial charge in [0.2, 0.25) is 0 Å². The molecule has 0 amide bonds. The van der Waals surface area contributed by atoms with Gasteiger partial charge in [0.1, 0.15) is 0 Å². The molecule has 0 radical (unpaired) electrons. The van der Waals surface area contributed by atoms with Gasteiger partial charge in [-0.1, -0.05) is 54.3 Å². The lowest BCUT2D eigenvalue weighted by Crippen LogP contribution is -2.07. The molecule has 3 aromatic carbocycles.